The highest BCUT2D eigenvalue weighted by atomic mass is 32.1. The molecule has 0 aliphatic carbocycles. The van der Waals surface area contributed by atoms with E-state index < -0.39 is 0 Å². The molecule has 49 heavy (non-hydrogen) atoms. The van der Waals surface area contributed by atoms with Gasteiger partial charge in [0.2, 0.25) is 0 Å². The second-order valence-corrected chi connectivity index (χ2v) is 13.2. The Labute approximate surface area is 287 Å². The third-order valence-electron chi connectivity index (χ3n) is 9.24. The molecule has 7 aromatic carbocycles. The Morgan fingerprint density at radius 2 is 1.14 bits per heavy atom. The highest BCUT2D eigenvalue weighted by Crippen LogP contribution is 2.58. The number of aromatic nitrogens is 2. The second-order valence-electron chi connectivity index (χ2n) is 12.2. The van der Waals surface area contributed by atoms with Gasteiger partial charge >= 0.3 is 0 Å². The van der Waals surface area contributed by atoms with Crippen LogP contribution < -0.4 is 9.64 Å². The van der Waals surface area contributed by atoms with E-state index in [1.165, 1.54) is 25.6 Å². The molecule has 230 valence electrons. The number of rotatable bonds is 4. The van der Waals surface area contributed by atoms with Crippen molar-refractivity contribution in [2.45, 2.75) is 0 Å². The molecule has 0 N–H and O–H groups in total. The van der Waals surface area contributed by atoms with Gasteiger partial charge in [0, 0.05) is 43.2 Å². The van der Waals surface area contributed by atoms with Crippen molar-refractivity contribution in [1.82, 2.24) is 9.97 Å². The lowest BCUT2D eigenvalue weighted by molar-refractivity contribution is 0.483. The Kier molecular flexibility index (Phi) is 6.32. The van der Waals surface area contributed by atoms with E-state index in [-0.39, 0.29) is 0 Å². The van der Waals surface area contributed by atoms with E-state index in [4.69, 9.17) is 14.7 Å². The Hall–Kier alpha value is -6.30. The third kappa shape index (κ3) is 4.51. The Bertz CT molecular complexity index is 2650. The average molecular weight is 646 g/mol. The van der Waals surface area contributed by atoms with Crippen LogP contribution in [0.4, 0.5) is 17.1 Å². The van der Waals surface area contributed by atoms with Gasteiger partial charge in [0.25, 0.3) is 0 Å². The number of nitrogens with zero attached hydrogens (tertiary/aromatic N) is 3. The van der Waals surface area contributed by atoms with E-state index in [9.17, 15) is 0 Å². The minimum absolute atomic E-state index is 0.697. The smallest absolute Gasteiger partial charge is 0.160 e. The number of hydrogen-bond donors (Lipinski definition) is 0. The summed E-state index contributed by atoms with van der Waals surface area (Å²) >= 11 is 1.82. The zero-order chi connectivity index (χ0) is 32.3. The fourth-order valence-corrected chi connectivity index (χ4v) is 8.26. The van der Waals surface area contributed by atoms with Crippen LogP contribution in [0.25, 0.3) is 64.8 Å². The zero-order valence-corrected chi connectivity index (χ0v) is 27.1. The number of hydrogen-bond acceptors (Lipinski definition) is 5. The summed E-state index contributed by atoms with van der Waals surface area (Å²) in [4.78, 5) is 12.5. The second kappa shape index (κ2) is 11.2. The van der Waals surface area contributed by atoms with Gasteiger partial charge < -0.3 is 9.64 Å². The van der Waals surface area contributed by atoms with Crippen molar-refractivity contribution in [1.29, 1.82) is 0 Å². The molecule has 9 aromatic rings. The number of thiophene rings is 1. The molecule has 1 aliphatic heterocycles. The predicted octanol–water partition coefficient (Wildman–Crippen LogP) is 12.6. The fraction of sp³-hybridized carbons (Fsp3) is 0. The Morgan fingerprint density at radius 3 is 1.96 bits per heavy atom. The van der Waals surface area contributed by atoms with Crippen LogP contribution in [0.1, 0.15) is 0 Å². The molecule has 0 bridgehead atoms. The van der Waals surface area contributed by atoms with Gasteiger partial charge in [-0.15, -0.1) is 11.3 Å². The summed E-state index contributed by atoms with van der Waals surface area (Å²) in [6.07, 6.45) is 0. The summed E-state index contributed by atoms with van der Waals surface area (Å²) in [5, 5.41) is 4.82. The molecule has 0 saturated heterocycles. The zero-order valence-electron chi connectivity index (χ0n) is 26.2. The van der Waals surface area contributed by atoms with E-state index in [2.05, 4.69) is 126 Å². The van der Waals surface area contributed by atoms with Crippen LogP contribution in [-0.2, 0) is 0 Å². The fourth-order valence-electron chi connectivity index (χ4n) is 7.02. The van der Waals surface area contributed by atoms with Gasteiger partial charge in [-0.3, -0.25) is 0 Å². The van der Waals surface area contributed by atoms with Gasteiger partial charge in [0.15, 0.2) is 17.3 Å². The molecule has 5 heteroatoms. The molecular formula is C44H27N3OS. The molecule has 0 spiro atoms. The first kappa shape index (κ1) is 27.8. The molecule has 0 amide bonds. The van der Waals surface area contributed by atoms with Crippen molar-refractivity contribution in [3.05, 3.63) is 164 Å². The number of fused-ring (bicyclic) bond motifs is 9. The van der Waals surface area contributed by atoms with E-state index in [1.807, 2.05) is 53.8 Å². The summed E-state index contributed by atoms with van der Waals surface area (Å²) in [6.45, 7) is 0. The normalized spacial score (nSPS) is 12.2. The SMILES string of the molecule is c1ccc(-c2cc(-c3cccc(N4c5ccccc5Oc5c4c4sc6ccccc6c4c4ccccc54)c3)nc(-c3ccccc3)n2)cc1. The quantitative estimate of drug-likeness (QED) is 0.191. The van der Waals surface area contributed by atoms with Crippen molar-refractivity contribution in [2.24, 2.45) is 0 Å². The van der Waals surface area contributed by atoms with Gasteiger partial charge in [-0.1, -0.05) is 127 Å². The molecule has 3 heterocycles. The molecule has 0 atom stereocenters. The highest BCUT2D eigenvalue weighted by Gasteiger charge is 2.31. The molecule has 0 fully saturated rings. The van der Waals surface area contributed by atoms with Crippen molar-refractivity contribution in [3.8, 4) is 45.4 Å². The largest absolute Gasteiger partial charge is 0.452 e. The number of para-hydroxylation sites is 2. The maximum atomic E-state index is 6.84. The molecule has 0 saturated carbocycles. The van der Waals surface area contributed by atoms with E-state index in [0.29, 0.717) is 5.82 Å². The third-order valence-corrected chi connectivity index (χ3v) is 10.4. The standard InChI is InChI=1S/C44H27N3OS/c1-3-14-28(15-4-1)35-27-36(46-44(45-35)29-16-5-2-6-17-29)30-18-13-19-31(26-30)47-37-23-10-11-24-38(37)48-42-33-21-8-7-20-32(33)40-34-22-9-12-25-39(34)49-43(40)41(42)47/h1-27H. The first-order valence-electron chi connectivity index (χ1n) is 16.3. The van der Waals surface area contributed by atoms with Gasteiger partial charge in [-0.25, -0.2) is 9.97 Å². The lowest BCUT2D eigenvalue weighted by Gasteiger charge is -2.34. The molecule has 10 rings (SSSR count). The topological polar surface area (TPSA) is 38.2 Å². The van der Waals surface area contributed by atoms with Crippen molar-refractivity contribution < 1.29 is 4.74 Å². The first-order chi connectivity index (χ1) is 24.3. The van der Waals surface area contributed by atoms with Crippen LogP contribution in [0, 0.1) is 0 Å². The molecular weight excluding hydrogens is 619 g/mol. The summed E-state index contributed by atoms with van der Waals surface area (Å²) in [6, 6.07) is 56.9. The number of ether oxygens (including phenoxy) is 1. The van der Waals surface area contributed by atoms with Crippen LogP contribution in [0.5, 0.6) is 11.5 Å². The lowest BCUT2D eigenvalue weighted by atomic mass is 9.99. The molecule has 2 aromatic heterocycles. The lowest BCUT2D eigenvalue weighted by Crippen LogP contribution is -2.16. The van der Waals surface area contributed by atoms with Crippen LogP contribution in [0.2, 0.25) is 0 Å². The molecule has 0 unspecified atom stereocenters. The van der Waals surface area contributed by atoms with Gasteiger partial charge in [-0.2, -0.15) is 0 Å². The van der Waals surface area contributed by atoms with Crippen LogP contribution in [0.3, 0.4) is 0 Å². The average Bonchev–Trinajstić information content (AvgIpc) is 3.58. The minimum atomic E-state index is 0.697. The van der Waals surface area contributed by atoms with Gasteiger partial charge in [-0.05, 0) is 41.8 Å². The van der Waals surface area contributed by atoms with Gasteiger partial charge in [0.05, 0.1) is 21.8 Å². The Morgan fingerprint density at radius 1 is 0.510 bits per heavy atom. The first-order valence-corrected chi connectivity index (χ1v) is 17.2. The monoisotopic (exact) mass is 645 g/mol. The molecule has 1 aliphatic rings. The van der Waals surface area contributed by atoms with E-state index in [0.717, 1.165) is 62.0 Å². The van der Waals surface area contributed by atoms with E-state index in [1.54, 1.807) is 0 Å². The summed E-state index contributed by atoms with van der Waals surface area (Å²) in [5.74, 6) is 2.40. The van der Waals surface area contributed by atoms with Gasteiger partial charge in [0.1, 0.15) is 5.69 Å². The highest BCUT2D eigenvalue weighted by molar-refractivity contribution is 7.26. The van der Waals surface area contributed by atoms with E-state index >= 15 is 0 Å². The van der Waals surface area contributed by atoms with Crippen LogP contribution >= 0.6 is 11.3 Å². The maximum Gasteiger partial charge on any atom is 0.160 e. The van der Waals surface area contributed by atoms with Crippen LogP contribution in [0.15, 0.2) is 164 Å². The predicted molar refractivity (Wildman–Crippen MR) is 203 cm³/mol. The summed E-state index contributed by atoms with van der Waals surface area (Å²) < 4.78 is 9.29. The van der Waals surface area contributed by atoms with Crippen molar-refractivity contribution >= 4 is 59.3 Å². The number of anilines is 3. The molecule has 0 radical (unpaired) electrons. The van der Waals surface area contributed by atoms with Crippen molar-refractivity contribution in [2.75, 3.05) is 4.90 Å². The minimum Gasteiger partial charge on any atom is -0.452 e. The number of benzene rings is 7. The summed E-state index contributed by atoms with van der Waals surface area (Å²) in [5.41, 5.74) is 7.87. The summed E-state index contributed by atoms with van der Waals surface area (Å²) in [7, 11) is 0. The maximum absolute atomic E-state index is 6.84. The molecule has 4 nitrogen and oxygen atoms in total. The van der Waals surface area contributed by atoms with Crippen LogP contribution in [-0.4, -0.2) is 9.97 Å². The van der Waals surface area contributed by atoms with Crippen molar-refractivity contribution in [3.63, 3.8) is 0 Å². The Balaban J connectivity index is 1.23.